The fourth-order valence-electron chi connectivity index (χ4n) is 1.74. The molecule has 0 spiro atoms. The molecule has 0 aliphatic carbocycles. The van der Waals surface area contributed by atoms with Gasteiger partial charge in [-0.3, -0.25) is 0 Å². The molecule has 0 fully saturated rings. The zero-order valence-electron chi connectivity index (χ0n) is 7.79. The number of fused-ring (bicyclic) bond motifs is 1. The molecule has 0 aliphatic heterocycles. The van der Waals surface area contributed by atoms with Crippen LogP contribution in [0.15, 0.2) is 36.8 Å². The van der Waals surface area contributed by atoms with Gasteiger partial charge in [0.05, 0.1) is 5.02 Å². The minimum Gasteiger partial charge on any atom is -0.361 e. The van der Waals surface area contributed by atoms with E-state index in [1.807, 2.05) is 30.6 Å². The lowest BCUT2D eigenvalue weighted by molar-refractivity contribution is 1.32. The van der Waals surface area contributed by atoms with Crippen LogP contribution in [0, 0.1) is 0 Å². The molecule has 3 heterocycles. The molecule has 0 saturated heterocycles. The Hall–Kier alpha value is -1.74. The van der Waals surface area contributed by atoms with Gasteiger partial charge in [0.25, 0.3) is 0 Å². The molecule has 3 rings (SSSR count). The number of nitrogens with zero attached hydrogens (tertiary/aromatic N) is 1. The predicted molar refractivity (Wildman–Crippen MR) is 60.9 cm³/mol. The first-order valence-corrected chi connectivity index (χ1v) is 4.99. The summed E-state index contributed by atoms with van der Waals surface area (Å²) in [5, 5.41) is 1.69. The number of halogens is 1. The molecule has 2 N–H and O–H groups in total. The molecule has 3 aromatic heterocycles. The molecule has 0 aliphatic rings. The molecule has 74 valence electrons. The number of hydrogen-bond donors (Lipinski definition) is 2. The van der Waals surface area contributed by atoms with E-state index in [-0.39, 0.29) is 0 Å². The van der Waals surface area contributed by atoms with Crippen molar-refractivity contribution < 1.29 is 0 Å². The first-order chi connectivity index (χ1) is 7.36. The SMILES string of the molecule is Clc1cnc2[nH]ccc2c1-c1ccc[nH]1. The number of pyridine rings is 1. The van der Waals surface area contributed by atoms with E-state index in [1.165, 1.54) is 0 Å². The van der Waals surface area contributed by atoms with Crippen molar-refractivity contribution in [2.24, 2.45) is 0 Å². The first kappa shape index (κ1) is 8.56. The number of rotatable bonds is 1. The molecule has 3 nitrogen and oxygen atoms in total. The van der Waals surface area contributed by atoms with Gasteiger partial charge >= 0.3 is 0 Å². The van der Waals surface area contributed by atoms with Gasteiger partial charge in [0, 0.05) is 35.2 Å². The van der Waals surface area contributed by atoms with Crippen LogP contribution in [0.4, 0.5) is 0 Å². The summed E-state index contributed by atoms with van der Waals surface area (Å²) in [7, 11) is 0. The van der Waals surface area contributed by atoms with Crippen LogP contribution in [-0.4, -0.2) is 15.0 Å². The maximum absolute atomic E-state index is 6.16. The summed E-state index contributed by atoms with van der Waals surface area (Å²) in [6.07, 6.45) is 5.40. The topological polar surface area (TPSA) is 44.5 Å². The van der Waals surface area contributed by atoms with Crippen LogP contribution in [0.25, 0.3) is 22.3 Å². The van der Waals surface area contributed by atoms with Crippen molar-refractivity contribution >= 4 is 22.6 Å². The zero-order valence-corrected chi connectivity index (χ0v) is 8.55. The molecule has 15 heavy (non-hydrogen) atoms. The number of aromatic amines is 2. The molecular weight excluding hydrogens is 210 g/mol. The van der Waals surface area contributed by atoms with Gasteiger partial charge in [-0.2, -0.15) is 0 Å². The van der Waals surface area contributed by atoms with Crippen molar-refractivity contribution in [1.29, 1.82) is 0 Å². The van der Waals surface area contributed by atoms with Crippen molar-refractivity contribution in [2.45, 2.75) is 0 Å². The van der Waals surface area contributed by atoms with Gasteiger partial charge < -0.3 is 9.97 Å². The quantitative estimate of drug-likeness (QED) is 0.646. The Morgan fingerprint density at radius 3 is 2.87 bits per heavy atom. The number of hydrogen-bond acceptors (Lipinski definition) is 1. The summed E-state index contributed by atoms with van der Waals surface area (Å²) >= 11 is 6.16. The summed E-state index contributed by atoms with van der Waals surface area (Å²) in [6.45, 7) is 0. The molecule has 0 radical (unpaired) electrons. The molecule has 4 heteroatoms. The lowest BCUT2D eigenvalue weighted by atomic mass is 10.1. The summed E-state index contributed by atoms with van der Waals surface area (Å²) in [6, 6.07) is 5.92. The fourth-order valence-corrected chi connectivity index (χ4v) is 2.00. The fraction of sp³-hybridized carbons (Fsp3) is 0. The van der Waals surface area contributed by atoms with E-state index >= 15 is 0 Å². The highest BCUT2D eigenvalue weighted by Crippen LogP contribution is 2.32. The molecule has 0 atom stereocenters. The largest absolute Gasteiger partial charge is 0.361 e. The normalized spacial score (nSPS) is 11.0. The smallest absolute Gasteiger partial charge is 0.138 e. The highest BCUT2D eigenvalue weighted by atomic mass is 35.5. The summed E-state index contributed by atoms with van der Waals surface area (Å²) < 4.78 is 0. The number of nitrogens with one attached hydrogen (secondary N) is 2. The highest BCUT2D eigenvalue weighted by molar-refractivity contribution is 6.34. The minimum absolute atomic E-state index is 0.657. The Morgan fingerprint density at radius 2 is 2.07 bits per heavy atom. The lowest BCUT2D eigenvalue weighted by Gasteiger charge is -2.02. The van der Waals surface area contributed by atoms with Gasteiger partial charge in [-0.25, -0.2) is 4.98 Å². The van der Waals surface area contributed by atoms with E-state index in [9.17, 15) is 0 Å². The van der Waals surface area contributed by atoms with E-state index in [0.29, 0.717) is 5.02 Å². The van der Waals surface area contributed by atoms with Crippen LogP contribution >= 0.6 is 11.6 Å². The van der Waals surface area contributed by atoms with E-state index in [0.717, 1.165) is 22.3 Å². The molecule has 0 amide bonds. The van der Waals surface area contributed by atoms with Gasteiger partial charge in [0.2, 0.25) is 0 Å². The molecule has 3 aromatic rings. The lowest BCUT2D eigenvalue weighted by Crippen LogP contribution is -1.84. The molecule has 0 unspecified atom stereocenters. The van der Waals surface area contributed by atoms with Crippen LogP contribution in [0.2, 0.25) is 5.02 Å². The van der Waals surface area contributed by atoms with Gasteiger partial charge in [0.15, 0.2) is 0 Å². The van der Waals surface area contributed by atoms with Crippen LogP contribution in [0.5, 0.6) is 0 Å². The van der Waals surface area contributed by atoms with Gasteiger partial charge in [-0.1, -0.05) is 11.6 Å². The summed E-state index contributed by atoms with van der Waals surface area (Å²) in [4.78, 5) is 10.4. The van der Waals surface area contributed by atoms with Gasteiger partial charge in [-0.05, 0) is 18.2 Å². The molecule has 0 saturated carbocycles. The second-order valence-corrected chi connectivity index (χ2v) is 3.71. The van der Waals surface area contributed by atoms with E-state index in [4.69, 9.17) is 11.6 Å². The molecular formula is C11H8ClN3. The Kier molecular flexibility index (Phi) is 1.79. The molecule has 0 aromatic carbocycles. The maximum Gasteiger partial charge on any atom is 0.138 e. The third-order valence-electron chi connectivity index (χ3n) is 2.41. The Labute approximate surface area is 91.1 Å². The predicted octanol–water partition coefficient (Wildman–Crippen LogP) is 3.21. The average Bonchev–Trinajstić information content (AvgIpc) is 2.85. The second kappa shape index (κ2) is 3.14. The van der Waals surface area contributed by atoms with Gasteiger partial charge in [0.1, 0.15) is 5.65 Å². The van der Waals surface area contributed by atoms with Crippen molar-refractivity contribution in [3.63, 3.8) is 0 Å². The first-order valence-electron chi connectivity index (χ1n) is 4.61. The van der Waals surface area contributed by atoms with Crippen LogP contribution in [0.1, 0.15) is 0 Å². The Morgan fingerprint density at radius 1 is 1.13 bits per heavy atom. The van der Waals surface area contributed by atoms with E-state index < -0.39 is 0 Å². The van der Waals surface area contributed by atoms with Crippen molar-refractivity contribution in [3.8, 4) is 11.3 Å². The van der Waals surface area contributed by atoms with E-state index in [2.05, 4.69) is 15.0 Å². The third kappa shape index (κ3) is 1.24. The monoisotopic (exact) mass is 217 g/mol. The maximum atomic E-state index is 6.16. The minimum atomic E-state index is 0.657. The zero-order chi connectivity index (χ0) is 10.3. The van der Waals surface area contributed by atoms with Crippen LogP contribution in [-0.2, 0) is 0 Å². The summed E-state index contributed by atoms with van der Waals surface area (Å²) in [5.41, 5.74) is 2.85. The standard InChI is InChI=1S/C11H8ClN3/c12-8-6-15-11-7(3-5-14-11)10(8)9-2-1-4-13-9/h1-6,13H,(H,14,15). The van der Waals surface area contributed by atoms with Crippen molar-refractivity contribution in [1.82, 2.24) is 15.0 Å². The summed E-state index contributed by atoms with van der Waals surface area (Å²) in [5.74, 6) is 0. The average molecular weight is 218 g/mol. The van der Waals surface area contributed by atoms with Crippen LogP contribution in [0.3, 0.4) is 0 Å². The third-order valence-corrected chi connectivity index (χ3v) is 2.69. The Balaban J connectivity index is 2.41. The van der Waals surface area contributed by atoms with Crippen molar-refractivity contribution in [3.05, 3.63) is 41.8 Å². The van der Waals surface area contributed by atoms with Crippen molar-refractivity contribution in [2.75, 3.05) is 0 Å². The van der Waals surface area contributed by atoms with Crippen LogP contribution < -0.4 is 0 Å². The second-order valence-electron chi connectivity index (χ2n) is 3.30. The molecule has 0 bridgehead atoms. The number of H-pyrrole nitrogens is 2. The number of aromatic nitrogens is 3. The van der Waals surface area contributed by atoms with E-state index in [1.54, 1.807) is 6.20 Å². The Bertz CT molecular complexity index is 595. The highest BCUT2D eigenvalue weighted by Gasteiger charge is 2.10. The van der Waals surface area contributed by atoms with Gasteiger partial charge in [-0.15, -0.1) is 0 Å².